The van der Waals surface area contributed by atoms with Crippen LogP contribution in [0.3, 0.4) is 0 Å². The molecule has 0 aromatic heterocycles. The normalized spacial score (nSPS) is 11.0. The fourth-order valence-corrected chi connectivity index (χ4v) is 1.66. The third kappa shape index (κ3) is 4.81. The predicted molar refractivity (Wildman–Crippen MR) is 76.9 cm³/mol. The fraction of sp³-hybridized carbons (Fsp3) is 0.533. The molecule has 0 heterocycles. The lowest BCUT2D eigenvalue weighted by atomic mass is 9.92. The molecule has 4 nitrogen and oxygen atoms in total. The van der Waals surface area contributed by atoms with Gasteiger partial charge in [0.05, 0.1) is 14.2 Å². The van der Waals surface area contributed by atoms with Crippen LogP contribution in [-0.2, 0) is 4.74 Å². The molecular formula is C15H23NO3. The molecule has 0 spiro atoms. The topological polar surface area (TPSA) is 47.6 Å². The van der Waals surface area contributed by atoms with Crippen LogP contribution in [0, 0.1) is 5.41 Å². The average Bonchev–Trinajstić information content (AvgIpc) is 2.36. The van der Waals surface area contributed by atoms with Gasteiger partial charge in [-0.25, -0.2) is 4.79 Å². The zero-order chi connectivity index (χ0) is 14.5. The number of carbonyl (C=O) groups is 1. The minimum absolute atomic E-state index is 0.295. The molecule has 0 amide bonds. The number of benzene rings is 1. The van der Waals surface area contributed by atoms with E-state index in [0.717, 1.165) is 18.7 Å². The molecule has 106 valence electrons. The number of hydrogen-bond donors (Lipinski definition) is 1. The Morgan fingerprint density at radius 3 is 2.47 bits per heavy atom. The molecule has 0 radical (unpaired) electrons. The van der Waals surface area contributed by atoms with Gasteiger partial charge in [-0.2, -0.15) is 0 Å². The summed E-state index contributed by atoms with van der Waals surface area (Å²) in [6.45, 7) is 7.49. The van der Waals surface area contributed by atoms with E-state index in [1.165, 1.54) is 7.11 Å². The summed E-state index contributed by atoms with van der Waals surface area (Å²) in [5.74, 6) is 0.130. The van der Waals surface area contributed by atoms with Crippen LogP contribution in [0.2, 0.25) is 0 Å². The van der Waals surface area contributed by atoms with Crippen LogP contribution >= 0.6 is 0 Å². The minimum atomic E-state index is -0.391. The second-order valence-electron chi connectivity index (χ2n) is 5.64. The lowest BCUT2D eigenvalue weighted by Gasteiger charge is -2.19. The average molecular weight is 265 g/mol. The van der Waals surface area contributed by atoms with Crippen molar-refractivity contribution in [3.05, 3.63) is 23.8 Å². The first-order chi connectivity index (χ1) is 8.87. The van der Waals surface area contributed by atoms with Gasteiger partial charge in [0.15, 0.2) is 0 Å². The second-order valence-corrected chi connectivity index (χ2v) is 5.64. The quantitative estimate of drug-likeness (QED) is 0.830. The van der Waals surface area contributed by atoms with E-state index >= 15 is 0 Å². The monoisotopic (exact) mass is 265 g/mol. The molecule has 0 aliphatic carbocycles. The number of anilines is 1. The zero-order valence-corrected chi connectivity index (χ0v) is 12.4. The molecular weight excluding hydrogens is 242 g/mol. The van der Waals surface area contributed by atoms with Gasteiger partial charge in [0, 0.05) is 18.3 Å². The lowest BCUT2D eigenvalue weighted by molar-refractivity contribution is 0.0597. The number of ether oxygens (including phenoxy) is 2. The molecule has 0 aliphatic rings. The Morgan fingerprint density at radius 1 is 1.26 bits per heavy atom. The Hall–Kier alpha value is -1.71. The minimum Gasteiger partial charge on any atom is -0.496 e. The Morgan fingerprint density at radius 2 is 1.95 bits per heavy atom. The summed E-state index contributed by atoms with van der Waals surface area (Å²) in [6.07, 6.45) is 1.06. The highest BCUT2D eigenvalue weighted by atomic mass is 16.5. The van der Waals surface area contributed by atoms with E-state index in [0.29, 0.717) is 16.7 Å². The van der Waals surface area contributed by atoms with E-state index in [1.807, 2.05) is 12.1 Å². The first-order valence-electron chi connectivity index (χ1n) is 6.37. The standard InChI is InChI=1S/C15H23NO3/c1-15(2,3)8-9-16-11-6-7-12(14(17)19-5)13(10-11)18-4/h6-7,10,16H,8-9H2,1-5H3. The first kappa shape index (κ1) is 15.3. The van der Waals surface area contributed by atoms with Gasteiger partial charge >= 0.3 is 5.97 Å². The highest BCUT2D eigenvalue weighted by Gasteiger charge is 2.13. The number of nitrogens with one attached hydrogen (secondary N) is 1. The van der Waals surface area contributed by atoms with E-state index in [9.17, 15) is 4.79 Å². The first-order valence-corrected chi connectivity index (χ1v) is 6.37. The highest BCUT2D eigenvalue weighted by Crippen LogP contribution is 2.24. The maximum atomic E-state index is 11.5. The van der Waals surface area contributed by atoms with Crippen LogP contribution in [0.5, 0.6) is 5.75 Å². The maximum Gasteiger partial charge on any atom is 0.341 e. The molecule has 0 saturated heterocycles. The van der Waals surface area contributed by atoms with Gasteiger partial charge in [0.1, 0.15) is 11.3 Å². The van der Waals surface area contributed by atoms with Gasteiger partial charge in [0.2, 0.25) is 0 Å². The molecule has 0 bridgehead atoms. The van der Waals surface area contributed by atoms with Crippen LogP contribution in [0.4, 0.5) is 5.69 Å². The smallest absolute Gasteiger partial charge is 0.341 e. The molecule has 0 atom stereocenters. The van der Waals surface area contributed by atoms with E-state index in [2.05, 4.69) is 26.1 Å². The third-order valence-corrected chi connectivity index (χ3v) is 2.81. The second kappa shape index (κ2) is 6.45. The number of methoxy groups -OCH3 is 2. The van der Waals surface area contributed by atoms with Gasteiger partial charge in [-0.05, 0) is 24.0 Å². The summed E-state index contributed by atoms with van der Waals surface area (Å²) in [5.41, 5.74) is 1.67. The van der Waals surface area contributed by atoms with Gasteiger partial charge in [-0.15, -0.1) is 0 Å². The van der Waals surface area contributed by atoms with Crippen LogP contribution in [0.25, 0.3) is 0 Å². The molecule has 4 heteroatoms. The summed E-state index contributed by atoms with van der Waals surface area (Å²) in [4.78, 5) is 11.5. The molecule has 0 unspecified atom stereocenters. The van der Waals surface area contributed by atoms with Gasteiger partial charge in [0.25, 0.3) is 0 Å². The van der Waals surface area contributed by atoms with Crippen molar-refractivity contribution < 1.29 is 14.3 Å². The predicted octanol–water partition coefficient (Wildman–Crippen LogP) is 3.33. The Kier molecular flexibility index (Phi) is 5.21. The number of rotatable bonds is 5. The largest absolute Gasteiger partial charge is 0.496 e. The molecule has 0 saturated carbocycles. The Balaban J connectivity index is 2.74. The number of hydrogen-bond acceptors (Lipinski definition) is 4. The van der Waals surface area contributed by atoms with Crippen molar-refractivity contribution in [2.45, 2.75) is 27.2 Å². The van der Waals surface area contributed by atoms with Crippen LogP contribution < -0.4 is 10.1 Å². The van der Waals surface area contributed by atoms with E-state index in [4.69, 9.17) is 9.47 Å². The highest BCUT2D eigenvalue weighted by molar-refractivity contribution is 5.93. The van der Waals surface area contributed by atoms with Crippen molar-refractivity contribution in [1.29, 1.82) is 0 Å². The number of carbonyl (C=O) groups excluding carboxylic acids is 1. The van der Waals surface area contributed by atoms with Crippen LogP contribution in [0.1, 0.15) is 37.6 Å². The SMILES string of the molecule is COC(=O)c1ccc(NCCC(C)(C)C)cc1OC. The molecule has 1 aromatic carbocycles. The summed E-state index contributed by atoms with van der Waals surface area (Å²) < 4.78 is 9.92. The van der Waals surface area contributed by atoms with Crippen molar-refractivity contribution in [1.82, 2.24) is 0 Å². The van der Waals surface area contributed by atoms with E-state index < -0.39 is 5.97 Å². The van der Waals surface area contributed by atoms with Crippen molar-refractivity contribution in [2.75, 3.05) is 26.1 Å². The van der Waals surface area contributed by atoms with E-state index in [-0.39, 0.29) is 0 Å². The Labute approximate surface area is 115 Å². The molecule has 19 heavy (non-hydrogen) atoms. The fourth-order valence-electron chi connectivity index (χ4n) is 1.66. The van der Waals surface area contributed by atoms with E-state index in [1.54, 1.807) is 13.2 Å². The van der Waals surface area contributed by atoms with Crippen molar-refractivity contribution in [2.24, 2.45) is 5.41 Å². The van der Waals surface area contributed by atoms with Crippen LogP contribution in [-0.4, -0.2) is 26.7 Å². The lowest BCUT2D eigenvalue weighted by Crippen LogP contribution is -2.13. The van der Waals surface area contributed by atoms with Crippen molar-refractivity contribution in [3.8, 4) is 5.75 Å². The van der Waals surface area contributed by atoms with Crippen molar-refractivity contribution >= 4 is 11.7 Å². The molecule has 1 aromatic rings. The van der Waals surface area contributed by atoms with Gasteiger partial charge in [-0.3, -0.25) is 0 Å². The summed E-state index contributed by atoms with van der Waals surface area (Å²) >= 11 is 0. The van der Waals surface area contributed by atoms with Gasteiger partial charge in [-0.1, -0.05) is 20.8 Å². The maximum absolute atomic E-state index is 11.5. The summed E-state index contributed by atoms with van der Waals surface area (Å²) in [7, 11) is 2.90. The summed E-state index contributed by atoms with van der Waals surface area (Å²) in [6, 6.07) is 5.39. The molecule has 0 fully saturated rings. The molecule has 1 rings (SSSR count). The van der Waals surface area contributed by atoms with Crippen LogP contribution in [0.15, 0.2) is 18.2 Å². The summed E-state index contributed by atoms with van der Waals surface area (Å²) in [5, 5.41) is 3.33. The van der Waals surface area contributed by atoms with Gasteiger partial charge < -0.3 is 14.8 Å². The zero-order valence-electron chi connectivity index (χ0n) is 12.4. The Bertz CT molecular complexity index is 436. The third-order valence-electron chi connectivity index (χ3n) is 2.81. The molecule has 1 N–H and O–H groups in total. The van der Waals surface area contributed by atoms with Crippen molar-refractivity contribution in [3.63, 3.8) is 0 Å². The number of esters is 1. The molecule has 0 aliphatic heterocycles.